The van der Waals surface area contributed by atoms with Gasteiger partial charge in [0.15, 0.2) is 0 Å². The number of hydrogen-bond donors (Lipinski definition) is 0. The van der Waals surface area contributed by atoms with Crippen molar-refractivity contribution in [3.8, 4) is 0 Å². The fraction of sp³-hybridized carbons (Fsp3) is 0.545. The Kier molecular flexibility index (Phi) is 5.20. The SMILES string of the molecule is CCc1nn(C)c(CC=CCCCl)c1Cl. The number of nitrogens with zero attached hydrogens (tertiary/aromatic N) is 2. The fourth-order valence-electron chi connectivity index (χ4n) is 1.42. The number of alkyl halides is 1. The normalized spacial score (nSPS) is 11.5. The Balaban J connectivity index is 2.72. The van der Waals surface area contributed by atoms with E-state index in [9.17, 15) is 0 Å². The summed E-state index contributed by atoms with van der Waals surface area (Å²) in [7, 11) is 1.93. The molecule has 0 bridgehead atoms. The lowest BCUT2D eigenvalue weighted by molar-refractivity contribution is 0.712. The molecule has 2 nitrogen and oxygen atoms in total. The second kappa shape index (κ2) is 6.19. The van der Waals surface area contributed by atoms with E-state index in [4.69, 9.17) is 23.2 Å². The lowest BCUT2D eigenvalue weighted by atomic mass is 10.2. The van der Waals surface area contributed by atoms with Gasteiger partial charge in [0.2, 0.25) is 0 Å². The van der Waals surface area contributed by atoms with E-state index in [1.165, 1.54) is 0 Å². The van der Waals surface area contributed by atoms with E-state index in [1.54, 1.807) is 0 Å². The van der Waals surface area contributed by atoms with Crippen LogP contribution in [-0.2, 0) is 19.9 Å². The van der Waals surface area contributed by atoms with Crippen LogP contribution in [0.3, 0.4) is 0 Å². The van der Waals surface area contributed by atoms with E-state index >= 15 is 0 Å². The number of hydrogen-bond acceptors (Lipinski definition) is 1. The molecule has 0 saturated carbocycles. The standard InChI is InChI=1S/C11H16Cl2N2/c1-3-9-11(13)10(15(2)14-9)7-5-4-6-8-12/h4-5H,3,6-8H2,1-2H3. The minimum atomic E-state index is 0.663. The molecule has 0 atom stereocenters. The van der Waals surface area contributed by atoms with E-state index in [-0.39, 0.29) is 0 Å². The van der Waals surface area contributed by atoms with Crippen molar-refractivity contribution in [1.29, 1.82) is 0 Å². The second-order valence-electron chi connectivity index (χ2n) is 3.34. The van der Waals surface area contributed by atoms with Crippen molar-refractivity contribution in [2.45, 2.75) is 26.2 Å². The molecule has 4 heteroatoms. The zero-order valence-corrected chi connectivity index (χ0v) is 10.6. The molecule has 1 rings (SSSR count). The van der Waals surface area contributed by atoms with Crippen LogP contribution in [0, 0.1) is 0 Å². The maximum atomic E-state index is 6.20. The van der Waals surface area contributed by atoms with Crippen molar-refractivity contribution in [2.24, 2.45) is 7.05 Å². The Bertz CT molecular complexity index is 343. The Morgan fingerprint density at radius 1 is 1.40 bits per heavy atom. The van der Waals surface area contributed by atoms with Gasteiger partial charge in [-0.25, -0.2) is 0 Å². The molecule has 1 heterocycles. The summed E-state index contributed by atoms with van der Waals surface area (Å²) >= 11 is 11.8. The predicted molar refractivity (Wildman–Crippen MR) is 65.8 cm³/mol. The van der Waals surface area contributed by atoms with Crippen molar-refractivity contribution in [3.63, 3.8) is 0 Å². The Labute approximate surface area is 101 Å². The van der Waals surface area contributed by atoms with Crippen LogP contribution in [0.15, 0.2) is 12.2 Å². The van der Waals surface area contributed by atoms with Gasteiger partial charge < -0.3 is 0 Å². The molecule has 0 amide bonds. The van der Waals surface area contributed by atoms with E-state index in [0.717, 1.165) is 35.7 Å². The molecule has 0 aliphatic rings. The van der Waals surface area contributed by atoms with Gasteiger partial charge in [0, 0.05) is 19.3 Å². The average molecular weight is 247 g/mol. The van der Waals surface area contributed by atoms with Gasteiger partial charge in [-0.1, -0.05) is 30.7 Å². The number of halogens is 2. The monoisotopic (exact) mass is 246 g/mol. The van der Waals surface area contributed by atoms with Crippen molar-refractivity contribution < 1.29 is 0 Å². The molecular formula is C11H16Cl2N2. The predicted octanol–water partition coefficient (Wildman–Crippen LogP) is 3.36. The molecule has 0 aliphatic carbocycles. The summed E-state index contributed by atoms with van der Waals surface area (Å²) in [5.41, 5.74) is 2.04. The first-order chi connectivity index (χ1) is 7.20. The van der Waals surface area contributed by atoms with Gasteiger partial charge in [-0.05, 0) is 12.8 Å². The van der Waals surface area contributed by atoms with Gasteiger partial charge in [0.1, 0.15) is 0 Å². The summed E-state index contributed by atoms with van der Waals surface area (Å²) in [6, 6.07) is 0. The molecule has 0 N–H and O–H groups in total. The molecule has 0 spiro atoms. The molecule has 0 radical (unpaired) electrons. The molecule has 1 aromatic rings. The maximum absolute atomic E-state index is 6.20. The molecule has 84 valence electrons. The number of aromatic nitrogens is 2. The third-order valence-electron chi connectivity index (χ3n) is 2.26. The summed E-state index contributed by atoms with van der Waals surface area (Å²) in [4.78, 5) is 0. The molecule has 0 fully saturated rings. The van der Waals surface area contributed by atoms with Crippen LogP contribution in [0.25, 0.3) is 0 Å². The third-order valence-corrected chi connectivity index (χ3v) is 2.91. The molecule has 1 aromatic heterocycles. The molecule has 0 unspecified atom stereocenters. The third kappa shape index (κ3) is 3.25. The summed E-state index contributed by atoms with van der Waals surface area (Å²) in [5, 5.41) is 5.15. The highest BCUT2D eigenvalue weighted by Crippen LogP contribution is 2.21. The first kappa shape index (κ1) is 12.6. The van der Waals surface area contributed by atoms with Crippen molar-refractivity contribution >= 4 is 23.2 Å². The van der Waals surface area contributed by atoms with Crippen LogP contribution in [0.4, 0.5) is 0 Å². The van der Waals surface area contributed by atoms with Crippen molar-refractivity contribution in [1.82, 2.24) is 9.78 Å². The molecule has 0 aromatic carbocycles. The zero-order valence-electron chi connectivity index (χ0n) is 9.13. The topological polar surface area (TPSA) is 17.8 Å². The summed E-state index contributed by atoms with van der Waals surface area (Å²) in [5.74, 6) is 0.663. The summed E-state index contributed by atoms with van der Waals surface area (Å²) in [6.07, 6.45) is 6.75. The lowest BCUT2D eigenvalue weighted by Gasteiger charge is -1.97. The summed E-state index contributed by atoms with van der Waals surface area (Å²) in [6.45, 7) is 2.06. The van der Waals surface area contributed by atoms with Gasteiger partial charge in [-0.2, -0.15) is 5.10 Å². The van der Waals surface area contributed by atoms with Gasteiger partial charge in [-0.3, -0.25) is 4.68 Å². The van der Waals surface area contributed by atoms with E-state index in [0.29, 0.717) is 5.88 Å². The smallest absolute Gasteiger partial charge is 0.0852 e. The molecule has 0 saturated heterocycles. The number of allylic oxidation sites excluding steroid dienone is 2. The highest BCUT2D eigenvalue weighted by Gasteiger charge is 2.10. The number of aryl methyl sites for hydroxylation is 2. The van der Waals surface area contributed by atoms with Crippen LogP contribution in [0.1, 0.15) is 24.7 Å². The molecule has 15 heavy (non-hydrogen) atoms. The lowest BCUT2D eigenvalue weighted by Crippen LogP contribution is -1.97. The zero-order chi connectivity index (χ0) is 11.3. The van der Waals surface area contributed by atoms with E-state index < -0.39 is 0 Å². The Morgan fingerprint density at radius 2 is 2.13 bits per heavy atom. The van der Waals surface area contributed by atoms with Gasteiger partial charge in [0.05, 0.1) is 16.4 Å². The first-order valence-corrected chi connectivity index (χ1v) is 6.03. The van der Waals surface area contributed by atoms with Crippen molar-refractivity contribution in [2.75, 3.05) is 5.88 Å². The van der Waals surface area contributed by atoms with Crippen molar-refractivity contribution in [3.05, 3.63) is 28.6 Å². The quantitative estimate of drug-likeness (QED) is 0.576. The van der Waals surface area contributed by atoms with Gasteiger partial charge >= 0.3 is 0 Å². The molecule has 0 aliphatic heterocycles. The Morgan fingerprint density at radius 3 is 2.67 bits per heavy atom. The second-order valence-corrected chi connectivity index (χ2v) is 4.09. The minimum Gasteiger partial charge on any atom is -0.271 e. The highest BCUT2D eigenvalue weighted by molar-refractivity contribution is 6.31. The van der Waals surface area contributed by atoms with Crippen LogP contribution in [0.2, 0.25) is 5.02 Å². The largest absolute Gasteiger partial charge is 0.271 e. The van der Waals surface area contributed by atoms with Crippen LogP contribution >= 0.6 is 23.2 Å². The Hall–Kier alpha value is -0.470. The van der Waals surface area contributed by atoms with E-state index in [2.05, 4.69) is 24.2 Å². The maximum Gasteiger partial charge on any atom is 0.0852 e. The number of rotatable bonds is 5. The van der Waals surface area contributed by atoms with Gasteiger partial charge in [0.25, 0.3) is 0 Å². The summed E-state index contributed by atoms with van der Waals surface area (Å²) < 4.78 is 1.85. The minimum absolute atomic E-state index is 0.663. The average Bonchev–Trinajstić information content (AvgIpc) is 2.50. The first-order valence-electron chi connectivity index (χ1n) is 5.11. The van der Waals surface area contributed by atoms with Crippen LogP contribution < -0.4 is 0 Å². The fourth-order valence-corrected chi connectivity index (χ4v) is 1.91. The van der Waals surface area contributed by atoms with Crippen LogP contribution in [-0.4, -0.2) is 15.7 Å². The van der Waals surface area contributed by atoms with Crippen LogP contribution in [0.5, 0.6) is 0 Å². The van der Waals surface area contributed by atoms with E-state index in [1.807, 2.05) is 11.7 Å². The van der Waals surface area contributed by atoms with Gasteiger partial charge in [-0.15, -0.1) is 11.6 Å². The molecular weight excluding hydrogens is 231 g/mol. The highest BCUT2D eigenvalue weighted by atomic mass is 35.5.